The van der Waals surface area contributed by atoms with Gasteiger partial charge in [0.1, 0.15) is 0 Å². The second kappa shape index (κ2) is 10.6. The van der Waals surface area contributed by atoms with Crippen LogP contribution in [-0.4, -0.2) is 50.2 Å². The van der Waals surface area contributed by atoms with Crippen LogP contribution in [-0.2, 0) is 19.1 Å². The summed E-state index contributed by atoms with van der Waals surface area (Å²) < 4.78 is 22.9. The van der Waals surface area contributed by atoms with E-state index in [0.717, 1.165) is 5.69 Å². The van der Waals surface area contributed by atoms with Crippen LogP contribution in [0.1, 0.15) is 25.3 Å². The van der Waals surface area contributed by atoms with Crippen LogP contribution in [0.5, 0.6) is 11.5 Å². The maximum atomic E-state index is 13.1. The van der Waals surface area contributed by atoms with E-state index in [2.05, 4.69) is 5.32 Å². The average molecular weight is 504 g/mol. The molecule has 1 aliphatic rings. The molecule has 3 aromatic rings. The molecule has 0 bridgehead atoms. The summed E-state index contributed by atoms with van der Waals surface area (Å²) in [5.74, 6) is -0.842. The van der Waals surface area contributed by atoms with Gasteiger partial charge in [-0.15, -0.1) is 0 Å². The molecule has 4 rings (SSSR count). The molecule has 9 heteroatoms. The monoisotopic (exact) mass is 503 g/mol. The molecule has 2 aromatic carbocycles. The number of dihydropyridines is 1. The third-order valence-corrected chi connectivity index (χ3v) is 6.30. The normalized spacial score (nSPS) is 13.8. The number of ether oxygens (including phenoxy) is 4. The van der Waals surface area contributed by atoms with E-state index in [-0.39, 0.29) is 0 Å². The lowest BCUT2D eigenvalue weighted by Crippen LogP contribution is -2.32. The lowest BCUT2D eigenvalue weighted by atomic mass is 9.79. The van der Waals surface area contributed by atoms with Gasteiger partial charge in [-0.05, 0) is 44.2 Å². The van der Waals surface area contributed by atoms with Crippen LogP contribution in [0.15, 0.2) is 77.3 Å². The van der Waals surface area contributed by atoms with Crippen LogP contribution < -0.4 is 14.8 Å². The Morgan fingerprint density at radius 2 is 1.43 bits per heavy atom. The van der Waals surface area contributed by atoms with Crippen molar-refractivity contribution in [3.63, 3.8) is 0 Å². The van der Waals surface area contributed by atoms with Gasteiger partial charge in [-0.3, -0.25) is 0 Å². The van der Waals surface area contributed by atoms with Crippen molar-refractivity contribution in [2.45, 2.75) is 19.8 Å². The average Bonchev–Trinajstić information content (AvgIpc) is 3.37. The Morgan fingerprint density at radius 1 is 0.838 bits per heavy atom. The highest BCUT2D eigenvalue weighted by atomic mass is 16.5. The van der Waals surface area contributed by atoms with Crippen LogP contribution in [0.3, 0.4) is 0 Å². The van der Waals surface area contributed by atoms with Crippen LogP contribution in [0.25, 0.3) is 16.9 Å². The summed E-state index contributed by atoms with van der Waals surface area (Å²) in [6.07, 6.45) is 1.82. The Hall–Kier alpha value is -4.53. The number of hydrogen-bond acceptors (Lipinski definition) is 8. The topological polar surface area (TPSA) is 101 Å². The minimum atomic E-state index is -0.804. The van der Waals surface area contributed by atoms with Crippen LogP contribution in [0.2, 0.25) is 0 Å². The predicted octanol–water partition coefficient (Wildman–Crippen LogP) is 4.14. The number of nitrogens with one attached hydrogen (secondary N) is 1. The lowest BCUT2D eigenvalue weighted by molar-refractivity contribution is -0.137. The Balaban J connectivity index is 2.04. The first kappa shape index (κ1) is 25.6. The van der Waals surface area contributed by atoms with Crippen molar-refractivity contribution in [3.8, 4) is 28.4 Å². The fraction of sp³-hybridized carbons (Fsp3) is 0.250. The highest BCUT2D eigenvalue weighted by Crippen LogP contribution is 2.44. The number of allylic oxidation sites excluding steroid dienone is 2. The van der Waals surface area contributed by atoms with E-state index in [1.807, 2.05) is 48.7 Å². The Bertz CT molecular complexity index is 1370. The smallest absolute Gasteiger partial charge is 0.336 e. The number of esters is 2. The number of rotatable bonds is 7. The number of benzene rings is 2. The van der Waals surface area contributed by atoms with E-state index in [9.17, 15) is 9.59 Å². The molecule has 1 aliphatic heterocycles. The fourth-order valence-electron chi connectivity index (χ4n) is 4.59. The van der Waals surface area contributed by atoms with Crippen LogP contribution >= 0.6 is 0 Å². The van der Waals surface area contributed by atoms with Crippen molar-refractivity contribution in [1.29, 1.82) is 0 Å². The third kappa shape index (κ3) is 4.67. The van der Waals surface area contributed by atoms with Gasteiger partial charge in [-0.25, -0.2) is 14.3 Å². The van der Waals surface area contributed by atoms with Crippen molar-refractivity contribution in [2.75, 3.05) is 28.4 Å². The summed E-state index contributed by atoms with van der Waals surface area (Å²) in [7, 11) is 5.74. The van der Waals surface area contributed by atoms with Crippen molar-refractivity contribution in [1.82, 2.24) is 15.1 Å². The number of carbonyl (C=O) groups is 2. The van der Waals surface area contributed by atoms with Gasteiger partial charge in [0.05, 0.1) is 56.9 Å². The predicted molar refractivity (Wildman–Crippen MR) is 137 cm³/mol. The van der Waals surface area contributed by atoms with E-state index in [1.165, 1.54) is 14.2 Å². The van der Waals surface area contributed by atoms with E-state index in [4.69, 9.17) is 24.0 Å². The van der Waals surface area contributed by atoms with Gasteiger partial charge >= 0.3 is 11.9 Å². The minimum Gasteiger partial charge on any atom is -0.493 e. The molecule has 0 unspecified atom stereocenters. The first-order valence-corrected chi connectivity index (χ1v) is 11.6. The fourth-order valence-corrected chi connectivity index (χ4v) is 4.59. The quantitative estimate of drug-likeness (QED) is 0.480. The molecule has 0 aliphatic carbocycles. The molecule has 1 N–H and O–H groups in total. The molecule has 1 aromatic heterocycles. The number of hydrogen-bond donors (Lipinski definition) is 1. The maximum Gasteiger partial charge on any atom is 0.336 e. The summed E-state index contributed by atoms with van der Waals surface area (Å²) in [6, 6.07) is 15.0. The van der Waals surface area contributed by atoms with Crippen LogP contribution in [0.4, 0.5) is 0 Å². The first-order chi connectivity index (χ1) is 17.8. The molecular formula is C28H29N3O6. The zero-order valence-corrected chi connectivity index (χ0v) is 21.6. The summed E-state index contributed by atoms with van der Waals surface area (Å²) in [5, 5.41) is 8.03. The Morgan fingerprint density at radius 3 is 1.97 bits per heavy atom. The van der Waals surface area contributed by atoms with Gasteiger partial charge in [0.25, 0.3) is 0 Å². The molecular weight excluding hydrogens is 474 g/mol. The first-order valence-electron chi connectivity index (χ1n) is 11.6. The second-order valence-corrected chi connectivity index (χ2v) is 8.40. The number of aromatic nitrogens is 2. The standard InChI is InChI=1S/C28H29N3O6/c1-16-23(27(32)36-5)25(24(17(2)29-16)28(33)37-6)20-15-31(19-10-8-7-9-11-19)30-26(20)18-12-13-21(34-3)22(14-18)35-4/h7-15,25,29H,1-6H3. The Labute approximate surface area is 215 Å². The zero-order valence-electron chi connectivity index (χ0n) is 21.6. The van der Waals surface area contributed by atoms with Gasteiger partial charge in [-0.2, -0.15) is 5.10 Å². The van der Waals surface area contributed by atoms with Gasteiger partial charge < -0.3 is 24.3 Å². The number of nitrogens with zero attached hydrogens (tertiary/aromatic N) is 2. The minimum absolute atomic E-state index is 0.294. The van der Waals surface area contributed by atoms with Crippen molar-refractivity contribution in [3.05, 3.63) is 82.8 Å². The number of carbonyl (C=O) groups excluding carboxylic acids is 2. The second-order valence-electron chi connectivity index (χ2n) is 8.40. The van der Waals surface area contributed by atoms with Crippen molar-refractivity contribution in [2.24, 2.45) is 0 Å². The largest absolute Gasteiger partial charge is 0.493 e. The molecule has 2 heterocycles. The lowest BCUT2D eigenvalue weighted by Gasteiger charge is -2.29. The van der Waals surface area contributed by atoms with E-state index >= 15 is 0 Å². The molecule has 0 spiro atoms. The molecule has 0 saturated carbocycles. The van der Waals surface area contributed by atoms with Crippen molar-refractivity contribution >= 4 is 11.9 Å². The van der Waals surface area contributed by atoms with Gasteiger partial charge in [0.15, 0.2) is 11.5 Å². The van der Waals surface area contributed by atoms with Crippen LogP contribution in [0, 0.1) is 0 Å². The SMILES string of the molecule is COC(=O)C1=C(C)NC(C)=C(C(=O)OC)C1c1cn(-c2ccccc2)nc1-c1ccc(OC)c(OC)c1. The van der Waals surface area contributed by atoms with Crippen molar-refractivity contribution < 1.29 is 28.5 Å². The Kier molecular flexibility index (Phi) is 7.33. The zero-order chi connectivity index (χ0) is 26.7. The van der Waals surface area contributed by atoms with Gasteiger partial charge in [0.2, 0.25) is 0 Å². The third-order valence-electron chi connectivity index (χ3n) is 6.30. The molecule has 192 valence electrons. The highest BCUT2D eigenvalue weighted by Gasteiger charge is 2.40. The van der Waals surface area contributed by atoms with Gasteiger partial charge in [-0.1, -0.05) is 18.2 Å². The molecule has 0 radical (unpaired) electrons. The summed E-state index contributed by atoms with van der Waals surface area (Å²) in [6.45, 7) is 3.54. The van der Waals surface area contributed by atoms with E-state index in [0.29, 0.717) is 50.9 Å². The summed E-state index contributed by atoms with van der Waals surface area (Å²) in [5.41, 5.74) is 4.44. The molecule has 0 atom stereocenters. The number of para-hydroxylation sites is 1. The summed E-state index contributed by atoms with van der Waals surface area (Å²) >= 11 is 0. The number of methoxy groups -OCH3 is 4. The summed E-state index contributed by atoms with van der Waals surface area (Å²) in [4.78, 5) is 26.1. The molecule has 0 amide bonds. The molecule has 37 heavy (non-hydrogen) atoms. The molecule has 0 saturated heterocycles. The highest BCUT2D eigenvalue weighted by molar-refractivity contribution is 6.00. The van der Waals surface area contributed by atoms with E-state index < -0.39 is 17.9 Å². The van der Waals surface area contributed by atoms with E-state index in [1.54, 1.807) is 38.8 Å². The molecule has 9 nitrogen and oxygen atoms in total. The van der Waals surface area contributed by atoms with Gasteiger partial charge in [0, 0.05) is 28.7 Å². The maximum absolute atomic E-state index is 13.1. The molecule has 0 fully saturated rings.